The average Bonchev–Trinajstić information content (AvgIpc) is 2.37. The summed E-state index contributed by atoms with van der Waals surface area (Å²) in [7, 11) is 0. The second-order valence-corrected chi connectivity index (χ2v) is 4.65. The summed E-state index contributed by atoms with van der Waals surface area (Å²) in [6.07, 6.45) is 3.52. The Morgan fingerprint density at radius 1 is 0.941 bits per heavy atom. The van der Waals surface area contributed by atoms with Crippen LogP contribution in [0.15, 0.2) is 48.5 Å². The van der Waals surface area contributed by atoms with Crippen LogP contribution in [0.5, 0.6) is 0 Å². The molecule has 0 spiro atoms. The number of aryl methyl sites for hydroxylation is 1. The predicted octanol–water partition coefficient (Wildman–Crippen LogP) is 5.35. The van der Waals surface area contributed by atoms with Gasteiger partial charge in [-0.1, -0.05) is 67.4 Å². The van der Waals surface area contributed by atoms with Crippen molar-refractivity contribution < 1.29 is 0 Å². The Balaban J connectivity index is 2.44. The summed E-state index contributed by atoms with van der Waals surface area (Å²) in [5.41, 5.74) is 3.76. The molecule has 0 nitrogen and oxygen atoms in total. The first-order chi connectivity index (χ1) is 8.33. The highest BCUT2D eigenvalue weighted by Crippen LogP contribution is 2.32. The highest BCUT2D eigenvalue weighted by Gasteiger charge is 2.08. The molecule has 2 rings (SSSR count). The molecule has 1 heteroatoms. The predicted molar refractivity (Wildman–Crippen MR) is 75.5 cm³/mol. The minimum Gasteiger partial charge on any atom is -0.0837 e. The molecule has 0 bridgehead atoms. The Labute approximate surface area is 108 Å². The van der Waals surface area contributed by atoms with E-state index in [2.05, 4.69) is 37.3 Å². The van der Waals surface area contributed by atoms with E-state index >= 15 is 0 Å². The monoisotopic (exact) mass is 244 g/mol. The maximum Gasteiger partial charge on any atom is 0.0487 e. The van der Waals surface area contributed by atoms with E-state index in [0.717, 1.165) is 11.4 Å². The molecule has 2 aromatic rings. The summed E-state index contributed by atoms with van der Waals surface area (Å²) in [5, 5.41) is 0.852. The number of rotatable bonds is 4. The molecule has 0 fully saturated rings. The van der Waals surface area contributed by atoms with Crippen molar-refractivity contribution in [2.75, 3.05) is 0 Å². The molecule has 17 heavy (non-hydrogen) atoms. The van der Waals surface area contributed by atoms with E-state index in [1.165, 1.54) is 29.5 Å². The van der Waals surface area contributed by atoms with Crippen LogP contribution in [0, 0.1) is 0 Å². The molecule has 0 N–H and O–H groups in total. The molecular formula is C16H17Cl. The zero-order chi connectivity index (χ0) is 12.1. The molecule has 0 atom stereocenters. The van der Waals surface area contributed by atoms with Crippen molar-refractivity contribution in [2.45, 2.75) is 26.2 Å². The lowest BCUT2D eigenvalue weighted by Gasteiger charge is -2.11. The smallest absolute Gasteiger partial charge is 0.0487 e. The van der Waals surface area contributed by atoms with Crippen LogP contribution in [0.3, 0.4) is 0 Å². The summed E-state index contributed by atoms with van der Waals surface area (Å²) < 4.78 is 0. The van der Waals surface area contributed by atoms with Crippen LogP contribution >= 0.6 is 11.6 Å². The van der Waals surface area contributed by atoms with E-state index < -0.39 is 0 Å². The average molecular weight is 245 g/mol. The number of benzene rings is 2. The summed E-state index contributed by atoms with van der Waals surface area (Å²) in [5.74, 6) is 0. The lowest BCUT2D eigenvalue weighted by atomic mass is 9.96. The third-order valence-electron chi connectivity index (χ3n) is 2.96. The number of hydrogen-bond acceptors (Lipinski definition) is 0. The number of hydrogen-bond donors (Lipinski definition) is 0. The molecule has 0 aliphatic heterocycles. The second-order valence-electron chi connectivity index (χ2n) is 4.24. The van der Waals surface area contributed by atoms with Crippen LogP contribution in [-0.2, 0) is 6.42 Å². The maximum atomic E-state index is 6.34. The molecule has 0 aliphatic rings. The Hall–Kier alpha value is -1.27. The molecule has 0 saturated heterocycles. The SMILES string of the molecule is CCCCc1cccc(Cl)c1-c1ccccc1. The van der Waals surface area contributed by atoms with Gasteiger partial charge in [0.25, 0.3) is 0 Å². The van der Waals surface area contributed by atoms with Crippen molar-refractivity contribution in [3.05, 3.63) is 59.1 Å². The van der Waals surface area contributed by atoms with E-state index in [1.54, 1.807) is 0 Å². The minimum absolute atomic E-state index is 0.852. The Morgan fingerprint density at radius 3 is 2.41 bits per heavy atom. The van der Waals surface area contributed by atoms with E-state index in [4.69, 9.17) is 11.6 Å². The first kappa shape index (κ1) is 12.2. The van der Waals surface area contributed by atoms with Gasteiger partial charge >= 0.3 is 0 Å². The van der Waals surface area contributed by atoms with Gasteiger partial charge in [-0.05, 0) is 30.0 Å². The molecule has 0 saturated carbocycles. The molecule has 0 amide bonds. The van der Waals surface area contributed by atoms with Gasteiger partial charge < -0.3 is 0 Å². The van der Waals surface area contributed by atoms with Gasteiger partial charge in [0, 0.05) is 10.6 Å². The maximum absolute atomic E-state index is 6.34. The summed E-state index contributed by atoms with van der Waals surface area (Å²) in [6, 6.07) is 16.6. The van der Waals surface area contributed by atoms with Gasteiger partial charge in [-0.3, -0.25) is 0 Å². The topological polar surface area (TPSA) is 0 Å². The lowest BCUT2D eigenvalue weighted by molar-refractivity contribution is 0.796. The fourth-order valence-electron chi connectivity index (χ4n) is 2.07. The van der Waals surface area contributed by atoms with Crippen molar-refractivity contribution in [3.8, 4) is 11.1 Å². The summed E-state index contributed by atoms with van der Waals surface area (Å²) >= 11 is 6.34. The molecule has 0 aromatic heterocycles. The van der Waals surface area contributed by atoms with Gasteiger partial charge in [0.15, 0.2) is 0 Å². The Morgan fingerprint density at radius 2 is 1.71 bits per heavy atom. The number of halogens is 1. The summed E-state index contributed by atoms with van der Waals surface area (Å²) in [6.45, 7) is 2.22. The van der Waals surface area contributed by atoms with Crippen molar-refractivity contribution in [1.82, 2.24) is 0 Å². The second kappa shape index (κ2) is 5.88. The van der Waals surface area contributed by atoms with Gasteiger partial charge in [0.05, 0.1) is 0 Å². The lowest BCUT2D eigenvalue weighted by Crippen LogP contribution is -1.91. The van der Waals surface area contributed by atoms with Crippen LogP contribution in [0.1, 0.15) is 25.3 Å². The standard InChI is InChI=1S/C16H17Cl/c1-2-3-8-13-11-7-12-15(17)16(13)14-9-5-4-6-10-14/h4-7,9-12H,2-3,8H2,1H3. The van der Waals surface area contributed by atoms with Crippen LogP contribution in [-0.4, -0.2) is 0 Å². The molecular weight excluding hydrogens is 228 g/mol. The Bertz CT molecular complexity index is 474. The molecule has 2 aromatic carbocycles. The highest BCUT2D eigenvalue weighted by atomic mass is 35.5. The van der Waals surface area contributed by atoms with Crippen LogP contribution < -0.4 is 0 Å². The third kappa shape index (κ3) is 2.89. The minimum atomic E-state index is 0.852. The number of unbranched alkanes of at least 4 members (excludes halogenated alkanes) is 1. The molecule has 0 heterocycles. The highest BCUT2D eigenvalue weighted by molar-refractivity contribution is 6.33. The van der Waals surface area contributed by atoms with E-state index in [1.807, 2.05) is 18.2 Å². The fraction of sp³-hybridized carbons (Fsp3) is 0.250. The first-order valence-electron chi connectivity index (χ1n) is 6.15. The zero-order valence-corrected chi connectivity index (χ0v) is 10.9. The first-order valence-corrected chi connectivity index (χ1v) is 6.53. The van der Waals surface area contributed by atoms with Gasteiger partial charge in [-0.15, -0.1) is 0 Å². The summed E-state index contributed by atoms with van der Waals surface area (Å²) in [4.78, 5) is 0. The van der Waals surface area contributed by atoms with Crippen molar-refractivity contribution >= 4 is 11.6 Å². The quantitative estimate of drug-likeness (QED) is 0.680. The van der Waals surface area contributed by atoms with E-state index in [9.17, 15) is 0 Å². The van der Waals surface area contributed by atoms with Crippen LogP contribution in [0.4, 0.5) is 0 Å². The molecule has 0 aliphatic carbocycles. The Kier molecular flexibility index (Phi) is 4.22. The molecule has 88 valence electrons. The molecule has 0 radical (unpaired) electrons. The van der Waals surface area contributed by atoms with Crippen molar-refractivity contribution in [3.63, 3.8) is 0 Å². The largest absolute Gasteiger partial charge is 0.0837 e. The van der Waals surface area contributed by atoms with E-state index in [-0.39, 0.29) is 0 Å². The van der Waals surface area contributed by atoms with Crippen molar-refractivity contribution in [1.29, 1.82) is 0 Å². The van der Waals surface area contributed by atoms with E-state index in [0.29, 0.717) is 0 Å². The van der Waals surface area contributed by atoms with Gasteiger partial charge in [0.2, 0.25) is 0 Å². The van der Waals surface area contributed by atoms with Gasteiger partial charge in [-0.2, -0.15) is 0 Å². The van der Waals surface area contributed by atoms with Crippen molar-refractivity contribution in [2.24, 2.45) is 0 Å². The fourth-order valence-corrected chi connectivity index (χ4v) is 2.38. The van der Waals surface area contributed by atoms with Gasteiger partial charge in [0.1, 0.15) is 0 Å². The molecule has 0 unspecified atom stereocenters. The van der Waals surface area contributed by atoms with Gasteiger partial charge in [-0.25, -0.2) is 0 Å². The van der Waals surface area contributed by atoms with Crippen LogP contribution in [0.25, 0.3) is 11.1 Å². The third-order valence-corrected chi connectivity index (χ3v) is 3.28. The van der Waals surface area contributed by atoms with Crippen LogP contribution in [0.2, 0.25) is 5.02 Å². The normalized spacial score (nSPS) is 10.5. The zero-order valence-electron chi connectivity index (χ0n) is 10.1.